The third-order valence-corrected chi connectivity index (χ3v) is 4.09. The normalized spacial score (nSPS) is 30.1. The van der Waals surface area contributed by atoms with Gasteiger partial charge < -0.3 is 5.32 Å². The van der Waals surface area contributed by atoms with Crippen LogP contribution in [0.25, 0.3) is 0 Å². The summed E-state index contributed by atoms with van der Waals surface area (Å²) in [5, 5.41) is 4.20. The minimum atomic E-state index is 0.510. The molecule has 1 aliphatic carbocycles. The second kappa shape index (κ2) is 5.05. The van der Waals surface area contributed by atoms with Gasteiger partial charge >= 0.3 is 0 Å². The van der Waals surface area contributed by atoms with Gasteiger partial charge in [-0.15, -0.1) is 0 Å². The van der Waals surface area contributed by atoms with Crippen LogP contribution >= 0.6 is 11.6 Å². The number of hydrogen-bond donors (Lipinski definition) is 1. The lowest BCUT2D eigenvalue weighted by molar-refractivity contribution is 0.253. The number of hydrogen-bond acceptors (Lipinski definition) is 2. The van der Waals surface area contributed by atoms with E-state index in [-0.39, 0.29) is 0 Å². The maximum Gasteiger partial charge on any atom is 0.144 e. The van der Waals surface area contributed by atoms with Crippen molar-refractivity contribution < 1.29 is 0 Å². The molecular weight excluding hydrogens is 220 g/mol. The first-order valence-electron chi connectivity index (χ1n) is 6.05. The second-order valence-corrected chi connectivity index (χ2v) is 5.26. The van der Waals surface area contributed by atoms with Crippen molar-refractivity contribution in [1.29, 1.82) is 0 Å². The molecule has 0 spiro atoms. The van der Waals surface area contributed by atoms with E-state index in [0.29, 0.717) is 17.0 Å². The van der Waals surface area contributed by atoms with Gasteiger partial charge in [-0.2, -0.15) is 0 Å². The SMILES string of the molecule is CC1CCCC(Nc2ncccc2Cl)C1C. The summed E-state index contributed by atoms with van der Waals surface area (Å²) in [6, 6.07) is 4.25. The molecule has 0 bridgehead atoms. The molecule has 0 amide bonds. The van der Waals surface area contributed by atoms with Crippen molar-refractivity contribution in [2.24, 2.45) is 11.8 Å². The minimum Gasteiger partial charge on any atom is -0.366 e. The Morgan fingerprint density at radius 3 is 2.94 bits per heavy atom. The summed E-state index contributed by atoms with van der Waals surface area (Å²) < 4.78 is 0. The second-order valence-electron chi connectivity index (χ2n) is 4.85. The van der Waals surface area contributed by atoms with Crippen LogP contribution in [0.2, 0.25) is 5.02 Å². The van der Waals surface area contributed by atoms with Crippen LogP contribution in [0.1, 0.15) is 33.1 Å². The predicted octanol–water partition coefficient (Wildman–Crippen LogP) is 3.97. The summed E-state index contributed by atoms with van der Waals surface area (Å²) in [6.45, 7) is 4.65. The van der Waals surface area contributed by atoms with Gasteiger partial charge in [0.25, 0.3) is 0 Å². The Balaban J connectivity index is 2.06. The summed E-state index contributed by atoms with van der Waals surface area (Å²) in [5.41, 5.74) is 0. The maximum atomic E-state index is 6.10. The third-order valence-electron chi connectivity index (χ3n) is 3.79. The van der Waals surface area contributed by atoms with Gasteiger partial charge in [0.2, 0.25) is 0 Å². The van der Waals surface area contributed by atoms with E-state index in [0.717, 1.165) is 11.7 Å². The molecule has 2 rings (SSSR count). The van der Waals surface area contributed by atoms with Crippen LogP contribution in [0.5, 0.6) is 0 Å². The Labute approximate surface area is 102 Å². The monoisotopic (exact) mass is 238 g/mol. The molecule has 0 radical (unpaired) electrons. The lowest BCUT2D eigenvalue weighted by Crippen LogP contribution is -2.35. The van der Waals surface area contributed by atoms with Crippen LogP contribution in [0.15, 0.2) is 18.3 Å². The Hall–Kier alpha value is -0.760. The van der Waals surface area contributed by atoms with E-state index in [1.807, 2.05) is 12.1 Å². The quantitative estimate of drug-likeness (QED) is 0.843. The van der Waals surface area contributed by atoms with E-state index in [4.69, 9.17) is 11.6 Å². The highest BCUT2D eigenvalue weighted by atomic mass is 35.5. The summed E-state index contributed by atoms with van der Waals surface area (Å²) in [7, 11) is 0. The van der Waals surface area contributed by atoms with Gasteiger partial charge in [0, 0.05) is 12.2 Å². The molecule has 3 heteroatoms. The van der Waals surface area contributed by atoms with Crippen LogP contribution < -0.4 is 5.32 Å². The fraction of sp³-hybridized carbons (Fsp3) is 0.615. The van der Waals surface area contributed by atoms with E-state index >= 15 is 0 Å². The topological polar surface area (TPSA) is 24.9 Å². The molecule has 1 aromatic rings. The fourth-order valence-corrected chi connectivity index (χ4v) is 2.63. The highest BCUT2D eigenvalue weighted by molar-refractivity contribution is 6.32. The molecule has 2 nitrogen and oxygen atoms in total. The number of nitrogens with zero attached hydrogens (tertiary/aromatic N) is 1. The van der Waals surface area contributed by atoms with Gasteiger partial charge in [0.05, 0.1) is 5.02 Å². The van der Waals surface area contributed by atoms with Crippen LogP contribution in [0, 0.1) is 11.8 Å². The molecule has 1 fully saturated rings. The van der Waals surface area contributed by atoms with Crippen molar-refractivity contribution in [3.05, 3.63) is 23.4 Å². The van der Waals surface area contributed by atoms with E-state index in [1.165, 1.54) is 19.3 Å². The number of rotatable bonds is 2. The predicted molar refractivity (Wildman–Crippen MR) is 68.8 cm³/mol. The molecule has 3 atom stereocenters. The summed E-state index contributed by atoms with van der Waals surface area (Å²) in [5.74, 6) is 2.30. The molecule has 3 unspecified atom stereocenters. The number of anilines is 1. The first kappa shape index (κ1) is 11.7. The number of aromatic nitrogens is 1. The van der Waals surface area contributed by atoms with Gasteiger partial charge in [-0.25, -0.2) is 4.98 Å². The standard InChI is InChI=1S/C13H19ClN2/c1-9-5-3-7-12(10(9)2)16-13-11(14)6-4-8-15-13/h4,6,8-10,12H,3,5,7H2,1-2H3,(H,15,16). The molecule has 1 aromatic heterocycles. The third kappa shape index (κ3) is 2.49. The highest BCUT2D eigenvalue weighted by Gasteiger charge is 2.27. The Morgan fingerprint density at radius 2 is 2.19 bits per heavy atom. The summed E-state index contributed by atoms with van der Waals surface area (Å²) in [4.78, 5) is 4.29. The molecule has 1 N–H and O–H groups in total. The van der Waals surface area contributed by atoms with Crippen molar-refractivity contribution in [3.8, 4) is 0 Å². The lowest BCUT2D eigenvalue weighted by atomic mass is 9.78. The largest absolute Gasteiger partial charge is 0.366 e. The van der Waals surface area contributed by atoms with Crippen LogP contribution in [-0.2, 0) is 0 Å². The minimum absolute atomic E-state index is 0.510. The van der Waals surface area contributed by atoms with Gasteiger partial charge in [0.15, 0.2) is 0 Å². The summed E-state index contributed by atoms with van der Waals surface area (Å²) >= 11 is 6.10. The van der Waals surface area contributed by atoms with Crippen molar-refractivity contribution in [2.45, 2.75) is 39.2 Å². The zero-order chi connectivity index (χ0) is 11.5. The molecule has 0 aromatic carbocycles. The number of nitrogens with one attached hydrogen (secondary N) is 1. The molecule has 1 aliphatic rings. The smallest absolute Gasteiger partial charge is 0.144 e. The van der Waals surface area contributed by atoms with Gasteiger partial charge in [-0.3, -0.25) is 0 Å². The Kier molecular flexibility index (Phi) is 3.70. The Bertz CT molecular complexity index is 354. The van der Waals surface area contributed by atoms with Crippen LogP contribution in [-0.4, -0.2) is 11.0 Å². The zero-order valence-corrected chi connectivity index (χ0v) is 10.7. The van der Waals surface area contributed by atoms with E-state index in [9.17, 15) is 0 Å². The zero-order valence-electron chi connectivity index (χ0n) is 9.91. The maximum absolute atomic E-state index is 6.10. The van der Waals surface area contributed by atoms with Crippen molar-refractivity contribution in [3.63, 3.8) is 0 Å². The molecule has 1 heterocycles. The van der Waals surface area contributed by atoms with Gasteiger partial charge in [-0.05, 0) is 30.4 Å². The van der Waals surface area contributed by atoms with Crippen molar-refractivity contribution >= 4 is 17.4 Å². The van der Waals surface area contributed by atoms with E-state index < -0.39 is 0 Å². The lowest BCUT2D eigenvalue weighted by Gasteiger charge is -2.35. The van der Waals surface area contributed by atoms with Gasteiger partial charge in [-0.1, -0.05) is 38.3 Å². The first-order chi connectivity index (χ1) is 7.68. The average molecular weight is 239 g/mol. The highest BCUT2D eigenvalue weighted by Crippen LogP contribution is 2.32. The van der Waals surface area contributed by atoms with E-state index in [2.05, 4.69) is 24.1 Å². The van der Waals surface area contributed by atoms with Crippen molar-refractivity contribution in [1.82, 2.24) is 4.98 Å². The molecule has 0 aliphatic heterocycles. The van der Waals surface area contributed by atoms with Gasteiger partial charge in [0.1, 0.15) is 5.82 Å². The summed E-state index contributed by atoms with van der Waals surface area (Å²) in [6.07, 6.45) is 5.65. The first-order valence-corrected chi connectivity index (χ1v) is 6.43. The Morgan fingerprint density at radius 1 is 1.38 bits per heavy atom. The number of pyridine rings is 1. The van der Waals surface area contributed by atoms with Crippen LogP contribution in [0.3, 0.4) is 0 Å². The molecular formula is C13H19ClN2. The van der Waals surface area contributed by atoms with Crippen molar-refractivity contribution in [2.75, 3.05) is 5.32 Å². The molecule has 1 saturated carbocycles. The fourth-order valence-electron chi connectivity index (χ4n) is 2.45. The number of halogens is 1. The molecule has 88 valence electrons. The molecule has 0 saturated heterocycles. The van der Waals surface area contributed by atoms with E-state index in [1.54, 1.807) is 6.20 Å². The average Bonchev–Trinajstić information content (AvgIpc) is 2.28. The van der Waals surface area contributed by atoms with Crippen LogP contribution in [0.4, 0.5) is 5.82 Å². The molecule has 16 heavy (non-hydrogen) atoms.